The lowest BCUT2D eigenvalue weighted by Gasteiger charge is -2.41. The smallest absolute Gasteiger partial charge is 0.348 e. The first-order valence-electron chi connectivity index (χ1n) is 10.5. The van der Waals surface area contributed by atoms with E-state index in [9.17, 15) is 9.90 Å². The van der Waals surface area contributed by atoms with Gasteiger partial charge >= 0.3 is 5.97 Å². The summed E-state index contributed by atoms with van der Waals surface area (Å²) in [5, 5.41) is 13.6. The normalized spacial score (nSPS) is 16.7. The number of rotatable bonds is 5. The summed E-state index contributed by atoms with van der Waals surface area (Å²) >= 11 is 0. The lowest BCUT2D eigenvalue weighted by molar-refractivity contribution is -0.140. The number of aliphatic carboxylic acids is 1. The van der Waals surface area contributed by atoms with E-state index in [-0.39, 0.29) is 0 Å². The first-order valence-corrected chi connectivity index (χ1v) is 12.3. The maximum atomic E-state index is 13.2. The summed E-state index contributed by atoms with van der Waals surface area (Å²) in [7, 11) is -2.44. The van der Waals surface area contributed by atoms with Gasteiger partial charge in [0.05, 0.1) is 0 Å². The molecule has 0 unspecified atom stereocenters. The van der Waals surface area contributed by atoms with Crippen molar-refractivity contribution in [2.45, 2.75) is 43.7 Å². The molecule has 1 saturated carbocycles. The Labute approximate surface area is 173 Å². The van der Waals surface area contributed by atoms with Gasteiger partial charge in [-0.25, -0.2) is 4.79 Å². The minimum atomic E-state index is -2.44. The van der Waals surface area contributed by atoms with Crippen LogP contribution < -0.4 is 15.9 Å². The zero-order valence-corrected chi connectivity index (χ0v) is 17.6. The quantitative estimate of drug-likeness (QED) is 0.472. The number of carboxylic acid groups (broad SMARTS) is 1. The minimum absolute atomic E-state index is 0.635. The Balaban J connectivity index is 2.14. The molecule has 3 aromatic rings. The van der Waals surface area contributed by atoms with Gasteiger partial charge in [0, 0.05) is 0 Å². The third kappa shape index (κ3) is 3.30. The highest BCUT2D eigenvalue weighted by molar-refractivity contribution is 7.97. The van der Waals surface area contributed by atoms with Crippen molar-refractivity contribution in [2.75, 3.05) is 0 Å². The molecule has 0 atom stereocenters. The van der Waals surface area contributed by atoms with E-state index in [0.717, 1.165) is 38.5 Å². The molecule has 2 nitrogen and oxygen atoms in total. The highest BCUT2D eigenvalue weighted by Crippen LogP contribution is 2.69. The highest BCUT2D eigenvalue weighted by atomic mass is 31.2. The molecule has 1 aliphatic rings. The fourth-order valence-electron chi connectivity index (χ4n) is 5.15. The predicted molar refractivity (Wildman–Crippen MR) is 123 cm³/mol. The minimum Gasteiger partial charge on any atom is -0.478 e. The molecule has 0 bridgehead atoms. The zero-order valence-electron chi connectivity index (χ0n) is 16.7. The van der Waals surface area contributed by atoms with Gasteiger partial charge < -0.3 is 5.11 Å². The Morgan fingerprint density at radius 1 is 0.621 bits per heavy atom. The SMILES string of the molecule is O=C(O)C1([P+](c2ccccc2)(c2ccccc2)c2ccccc2)CCCCCC1. The molecule has 3 aromatic carbocycles. The Kier molecular flexibility index (Phi) is 5.83. The molecule has 0 aromatic heterocycles. The summed E-state index contributed by atoms with van der Waals surface area (Å²) in [6, 6.07) is 31.4. The largest absolute Gasteiger partial charge is 0.478 e. The molecule has 1 fully saturated rings. The van der Waals surface area contributed by atoms with Crippen LogP contribution in [0.15, 0.2) is 91.0 Å². The highest BCUT2D eigenvalue weighted by Gasteiger charge is 2.66. The maximum Gasteiger partial charge on any atom is 0.348 e. The van der Waals surface area contributed by atoms with Crippen LogP contribution in [-0.4, -0.2) is 16.2 Å². The molecule has 0 saturated heterocycles. The van der Waals surface area contributed by atoms with Crippen LogP contribution >= 0.6 is 7.26 Å². The van der Waals surface area contributed by atoms with Crippen LogP contribution in [0, 0.1) is 0 Å². The van der Waals surface area contributed by atoms with Gasteiger partial charge in [0.15, 0.2) is 5.16 Å². The first kappa shape index (κ1) is 19.9. The van der Waals surface area contributed by atoms with E-state index in [1.165, 1.54) is 15.9 Å². The second kappa shape index (κ2) is 8.51. The van der Waals surface area contributed by atoms with Gasteiger partial charge in [0.2, 0.25) is 0 Å². The molecular formula is C26H28O2P+. The topological polar surface area (TPSA) is 37.3 Å². The van der Waals surface area contributed by atoms with Crippen molar-refractivity contribution < 1.29 is 9.90 Å². The molecular weight excluding hydrogens is 375 g/mol. The third-order valence-electron chi connectivity index (χ3n) is 6.40. The fraction of sp³-hybridized carbons (Fsp3) is 0.269. The molecule has 148 valence electrons. The summed E-state index contributed by atoms with van der Waals surface area (Å²) < 4.78 is 0. The molecule has 4 rings (SSSR count). The monoisotopic (exact) mass is 403 g/mol. The molecule has 3 heteroatoms. The van der Waals surface area contributed by atoms with Crippen LogP contribution in [0.1, 0.15) is 38.5 Å². The summed E-state index contributed by atoms with van der Waals surface area (Å²) in [4.78, 5) is 13.2. The van der Waals surface area contributed by atoms with Gasteiger partial charge in [-0.15, -0.1) is 0 Å². The predicted octanol–water partition coefficient (Wildman–Crippen LogP) is 5.16. The van der Waals surface area contributed by atoms with Crippen molar-refractivity contribution in [1.29, 1.82) is 0 Å². The van der Waals surface area contributed by atoms with Crippen LogP contribution in [0.3, 0.4) is 0 Å². The van der Waals surface area contributed by atoms with E-state index in [2.05, 4.69) is 72.8 Å². The lowest BCUT2D eigenvalue weighted by atomic mass is 9.99. The second-order valence-corrected chi connectivity index (χ2v) is 11.7. The van der Waals surface area contributed by atoms with Gasteiger partial charge in [-0.1, -0.05) is 67.4 Å². The molecule has 1 aliphatic carbocycles. The molecule has 0 heterocycles. The molecule has 1 N–H and O–H groups in total. The van der Waals surface area contributed by atoms with Gasteiger partial charge in [-0.3, -0.25) is 0 Å². The van der Waals surface area contributed by atoms with Gasteiger partial charge in [-0.05, 0) is 62.1 Å². The maximum absolute atomic E-state index is 13.2. The summed E-state index contributed by atoms with van der Waals surface area (Å²) in [5.74, 6) is -0.635. The summed E-state index contributed by atoms with van der Waals surface area (Å²) in [6.07, 6.45) is 5.64. The van der Waals surface area contributed by atoms with Crippen molar-refractivity contribution in [3.63, 3.8) is 0 Å². The Morgan fingerprint density at radius 2 is 0.966 bits per heavy atom. The van der Waals surface area contributed by atoms with Crippen molar-refractivity contribution in [3.8, 4) is 0 Å². The van der Waals surface area contributed by atoms with E-state index < -0.39 is 18.4 Å². The van der Waals surface area contributed by atoms with Crippen LogP contribution in [0.25, 0.3) is 0 Å². The Hall–Kier alpha value is -2.44. The van der Waals surface area contributed by atoms with E-state index in [1.807, 2.05) is 18.2 Å². The third-order valence-corrected chi connectivity index (χ3v) is 11.5. The number of hydrogen-bond acceptors (Lipinski definition) is 1. The Bertz CT molecular complexity index is 834. The van der Waals surface area contributed by atoms with Crippen LogP contribution in [0.4, 0.5) is 0 Å². The van der Waals surface area contributed by atoms with E-state index >= 15 is 0 Å². The molecule has 0 radical (unpaired) electrons. The number of carbonyl (C=O) groups is 1. The molecule has 0 aliphatic heterocycles. The Morgan fingerprint density at radius 3 is 1.28 bits per heavy atom. The molecule has 0 spiro atoms. The summed E-state index contributed by atoms with van der Waals surface area (Å²) in [6.45, 7) is 0. The van der Waals surface area contributed by atoms with E-state index in [1.54, 1.807) is 0 Å². The first-order chi connectivity index (χ1) is 14.2. The van der Waals surface area contributed by atoms with Crippen LogP contribution in [0.2, 0.25) is 0 Å². The average Bonchev–Trinajstić information content (AvgIpc) is 3.04. The summed E-state index contributed by atoms with van der Waals surface area (Å²) in [5.41, 5.74) is 0. The standard InChI is InChI=1S/C26H27O2P/c27-25(28)26(20-12-1-2-13-21-26)29(22-14-6-3-7-15-22,23-16-8-4-9-17-23)24-18-10-5-11-19-24/h3-11,14-19H,1-2,12-13,20-21H2/p+1. The molecule has 29 heavy (non-hydrogen) atoms. The number of benzene rings is 3. The van der Waals surface area contributed by atoms with E-state index in [4.69, 9.17) is 0 Å². The van der Waals surface area contributed by atoms with Crippen molar-refractivity contribution in [1.82, 2.24) is 0 Å². The van der Waals surface area contributed by atoms with Gasteiger partial charge in [0.25, 0.3) is 0 Å². The van der Waals surface area contributed by atoms with E-state index in [0.29, 0.717) is 0 Å². The van der Waals surface area contributed by atoms with Crippen molar-refractivity contribution >= 4 is 29.1 Å². The lowest BCUT2D eigenvalue weighted by Crippen LogP contribution is -2.52. The van der Waals surface area contributed by atoms with Gasteiger partial charge in [-0.2, -0.15) is 0 Å². The van der Waals surface area contributed by atoms with Crippen molar-refractivity contribution in [3.05, 3.63) is 91.0 Å². The van der Waals surface area contributed by atoms with Crippen LogP contribution in [0.5, 0.6) is 0 Å². The number of hydrogen-bond donors (Lipinski definition) is 1. The molecule has 0 amide bonds. The van der Waals surface area contributed by atoms with Gasteiger partial charge in [0.1, 0.15) is 23.2 Å². The average molecular weight is 403 g/mol. The number of carboxylic acids is 1. The zero-order chi connectivity index (χ0) is 20.2. The second-order valence-electron chi connectivity index (χ2n) is 7.93. The van der Waals surface area contributed by atoms with Crippen molar-refractivity contribution in [2.24, 2.45) is 0 Å². The van der Waals surface area contributed by atoms with Crippen LogP contribution in [-0.2, 0) is 4.79 Å². The fourth-order valence-corrected chi connectivity index (χ4v) is 10.7.